The minimum atomic E-state index is -1.18. The van der Waals surface area contributed by atoms with Crippen LogP contribution in [0.2, 0.25) is 0 Å². The molecule has 0 aliphatic heterocycles. The average molecular weight is 516 g/mol. The van der Waals surface area contributed by atoms with Gasteiger partial charge < -0.3 is 9.84 Å². The van der Waals surface area contributed by atoms with Crippen LogP contribution in [0.3, 0.4) is 0 Å². The molecule has 3 aromatic rings. The second-order valence-electron chi connectivity index (χ2n) is 9.27. The van der Waals surface area contributed by atoms with Crippen LogP contribution in [0.1, 0.15) is 62.4 Å². The Morgan fingerprint density at radius 2 is 2.00 bits per heavy atom. The van der Waals surface area contributed by atoms with Gasteiger partial charge in [0, 0.05) is 24.1 Å². The number of aliphatic carboxylic acids is 1. The van der Waals surface area contributed by atoms with E-state index in [1.54, 1.807) is 38.3 Å². The molecule has 186 valence electrons. The molecule has 1 N–H and O–H groups in total. The van der Waals surface area contributed by atoms with E-state index >= 15 is 0 Å². The highest BCUT2D eigenvalue weighted by molar-refractivity contribution is 7.99. The third-order valence-corrected chi connectivity index (χ3v) is 6.71. The monoisotopic (exact) mass is 515 g/mol. The number of hydrogen-bond donors (Lipinski definition) is 1. The van der Waals surface area contributed by atoms with Crippen LogP contribution < -0.4 is 5.56 Å². The van der Waals surface area contributed by atoms with Gasteiger partial charge in [-0.3, -0.25) is 14.0 Å². The molecule has 0 amide bonds. The zero-order valence-corrected chi connectivity index (χ0v) is 22.0. The smallest absolute Gasteiger partial charge is 0.328 e. The summed E-state index contributed by atoms with van der Waals surface area (Å²) in [5.74, 6) is -1.31. The quantitative estimate of drug-likeness (QED) is 0.191. The lowest BCUT2D eigenvalue weighted by Gasteiger charge is -2.19. The van der Waals surface area contributed by atoms with E-state index in [9.17, 15) is 14.4 Å². The molecular formula is C25H29N3O5S2. The van der Waals surface area contributed by atoms with Gasteiger partial charge in [0.2, 0.25) is 0 Å². The van der Waals surface area contributed by atoms with Crippen LogP contribution >= 0.6 is 23.1 Å². The Balaban J connectivity index is 1.89. The Bertz CT molecular complexity index is 1320. The molecule has 0 aliphatic carbocycles. The Kier molecular flexibility index (Phi) is 8.50. The highest BCUT2D eigenvalue weighted by Gasteiger charge is 2.19. The fourth-order valence-corrected chi connectivity index (χ4v) is 4.93. The molecule has 0 unspecified atom stereocenters. The number of carbonyl (C=O) groups excluding carboxylic acids is 1. The highest BCUT2D eigenvalue weighted by Crippen LogP contribution is 2.23. The number of esters is 1. The number of carboxylic acids is 1. The van der Waals surface area contributed by atoms with Crippen molar-refractivity contribution in [2.45, 2.75) is 64.0 Å². The van der Waals surface area contributed by atoms with Crippen LogP contribution in [-0.4, -0.2) is 42.8 Å². The molecule has 0 bridgehead atoms. The van der Waals surface area contributed by atoms with Crippen molar-refractivity contribution in [1.29, 1.82) is 0 Å². The van der Waals surface area contributed by atoms with Crippen molar-refractivity contribution in [3.8, 4) is 0 Å². The molecule has 8 nitrogen and oxygen atoms in total. The molecule has 0 atom stereocenters. The summed E-state index contributed by atoms with van der Waals surface area (Å²) in [7, 11) is 0. The first-order valence-corrected chi connectivity index (χ1v) is 13.0. The number of aromatic nitrogens is 3. The van der Waals surface area contributed by atoms with Crippen LogP contribution in [0, 0.1) is 0 Å². The molecule has 0 saturated heterocycles. The Morgan fingerprint density at radius 1 is 1.26 bits per heavy atom. The van der Waals surface area contributed by atoms with Crippen molar-refractivity contribution in [2.75, 3.05) is 5.75 Å². The number of nitrogens with zero attached hydrogens (tertiary/aromatic N) is 3. The summed E-state index contributed by atoms with van der Waals surface area (Å²) in [6.07, 6.45) is 5.25. The van der Waals surface area contributed by atoms with Gasteiger partial charge in [0.05, 0.1) is 22.0 Å². The lowest BCUT2D eigenvalue weighted by molar-refractivity contribution is -0.151. The van der Waals surface area contributed by atoms with E-state index in [2.05, 4.69) is 29.2 Å². The molecule has 35 heavy (non-hydrogen) atoms. The number of pyridine rings is 1. The van der Waals surface area contributed by atoms with Crippen molar-refractivity contribution >= 4 is 46.8 Å². The lowest BCUT2D eigenvalue weighted by Crippen LogP contribution is -2.25. The number of thioether (sulfide) groups is 1. The largest absolute Gasteiger partial charge is 0.478 e. The topological polar surface area (TPSA) is 111 Å². The van der Waals surface area contributed by atoms with Gasteiger partial charge in [0.1, 0.15) is 16.3 Å². The van der Waals surface area contributed by atoms with E-state index in [1.165, 1.54) is 10.5 Å². The Labute approximate surface area is 212 Å². The molecule has 0 radical (unpaired) electrons. The zero-order valence-electron chi connectivity index (χ0n) is 20.4. The predicted octanol–water partition coefficient (Wildman–Crippen LogP) is 4.59. The first kappa shape index (κ1) is 26.6. The van der Waals surface area contributed by atoms with Gasteiger partial charge in [0.15, 0.2) is 0 Å². The van der Waals surface area contributed by atoms with E-state index in [4.69, 9.17) is 9.84 Å². The molecule has 0 aromatic carbocycles. The molecule has 3 rings (SSSR count). The van der Waals surface area contributed by atoms with Crippen molar-refractivity contribution < 1.29 is 19.4 Å². The number of ether oxygens (including phenoxy) is 1. The van der Waals surface area contributed by atoms with Crippen molar-refractivity contribution in [2.24, 2.45) is 0 Å². The molecule has 3 heterocycles. The van der Waals surface area contributed by atoms with Crippen LogP contribution in [0.5, 0.6) is 0 Å². The SMILES string of the molecule is CC(C)c1csc(CCc2ccn3c(=O)c(/C=C/C(=O)O)c(SCC(=O)OC(C)(C)C)nc3c2)n1. The van der Waals surface area contributed by atoms with Gasteiger partial charge >= 0.3 is 11.9 Å². The Morgan fingerprint density at radius 3 is 2.63 bits per heavy atom. The number of aryl methyl sites for hydroxylation is 2. The fourth-order valence-electron chi connectivity index (χ4n) is 3.19. The van der Waals surface area contributed by atoms with Crippen LogP contribution in [0.15, 0.2) is 39.6 Å². The summed E-state index contributed by atoms with van der Waals surface area (Å²) >= 11 is 2.69. The Hall–Kier alpha value is -2.98. The predicted molar refractivity (Wildman–Crippen MR) is 138 cm³/mol. The van der Waals surface area contributed by atoms with Crippen molar-refractivity contribution in [3.05, 3.63) is 62.0 Å². The average Bonchev–Trinajstić information content (AvgIpc) is 3.24. The first-order valence-electron chi connectivity index (χ1n) is 11.2. The first-order chi connectivity index (χ1) is 16.4. The third kappa shape index (κ3) is 7.50. The van der Waals surface area contributed by atoms with Crippen LogP contribution in [0.25, 0.3) is 11.7 Å². The number of hydrogen-bond acceptors (Lipinski definition) is 8. The molecule has 0 spiro atoms. The van der Waals surface area contributed by atoms with Gasteiger partial charge in [-0.05, 0) is 56.9 Å². The number of carbonyl (C=O) groups is 2. The van der Waals surface area contributed by atoms with Gasteiger partial charge in [0.25, 0.3) is 5.56 Å². The summed E-state index contributed by atoms with van der Waals surface area (Å²) in [4.78, 5) is 45.6. The third-order valence-electron chi connectivity index (χ3n) is 4.82. The maximum Gasteiger partial charge on any atom is 0.328 e. The number of fused-ring (bicyclic) bond motifs is 1. The molecular weight excluding hydrogens is 486 g/mol. The maximum atomic E-state index is 13.1. The molecule has 0 saturated carbocycles. The summed E-state index contributed by atoms with van der Waals surface area (Å²) in [6.45, 7) is 9.55. The number of carboxylic acid groups (broad SMARTS) is 1. The van der Waals surface area contributed by atoms with E-state index < -0.39 is 23.1 Å². The zero-order chi connectivity index (χ0) is 25.8. The maximum absolute atomic E-state index is 13.1. The molecule has 10 heteroatoms. The second kappa shape index (κ2) is 11.2. The minimum Gasteiger partial charge on any atom is -0.478 e. The number of thiazole rings is 1. The van der Waals surface area contributed by atoms with Crippen LogP contribution in [-0.2, 0) is 27.2 Å². The van der Waals surface area contributed by atoms with Gasteiger partial charge in [-0.1, -0.05) is 25.6 Å². The molecule has 0 fully saturated rings. The van der Waals surface area contributed by atoms with Crippen molar-refractivity contribution in [1.82, 2.24) is 14.4 Å². The lowest BCUT2D eigenvalue weighted by atomic mass is 10.1. The molecule has 3 aromatic heterocycles. The fraction of sp³-hybridized carbons (Fsp3) is 0.400. The van der Waals surface area contributed by atoms with E-state index in [0.29, 0.717) is 11.6 Å². The van der Waals surface area contributed by atoms with E-state index in [0.717, 1.165) is 46.9 Å². The van der Waals surface area contributed by atoms with E-state index in [1.807, 2.05) is 12.1 Å². The standard InChI is InChI=1S/C25H29N3O5S2/c1-15(2)18-13-34-20(26-18)8-6-16-10-11-28-19(12-16)27-23(17(24(28)32)7-9-21(29)30)35-14-22(31)33-25(3,4)5/h7,9-13,15H,6,8,14H2,1-5H3,(H,29,30)/b9-7+. The van der Waals surface area contributed by atoms with Crippen LogP contribution in [0.4, 0.5) is 0 Å². The number of rotatable bonds is 9. The normalized spacial score (nSPS) is 12.1. The summed E-state index contributed by atoms with van der Waals surface area (Å²) < 4.78 is 6.71. The van der Waals surface area contributed by atoms with Crippen molar-refractivity contribution in [3.63, 3.8) is 0 Å². The molecule has 0 aliphatic rings. The summed E-state index contributed by atoms with van der Waals surface area (Å²) in [5, 5.41) is 12.5. The van der Waals surface area contributed by atoms with Gasteiger partial charge in [-0.15, -0.1) is 11.3 Å². The summed E-state index contributed by atoms with van der Waals surface area (Å²) in [5.41, 5.74) is 1.57. The summed E-state index contributed by atoms with van der Waals surface area (Å²) in [6, 6.07) is 3.69. The van der Waals surface area contributed by atoms with Gasteiger partial charge in [-0.25, -0.2) is 14.8 Å². The van der Waals surface area contributed by atoms with Gasteiger partial charge in [-0.2, -0.15) is 0 Å². The minimum absolute atomic E-state index is 0.0598. The van der Waals surface area contributed by atoms with E-state index in [-0.39, 0.29) is 16.3 Å². The highest BCUT2D eigenvalue weighted by atomic mass is 32.2. The second-order valence-corrected chi connectivity index (χ2v) is 11.2.